The molecule has 0 bridgehead atoms. The maximum atomic E-state index is 12.9. The number of esters is 1. The molecule has 2 nitrogen and oxygen atoms in total. The Bertz CT molecular complexity index is 1070. The van der Waals surface area contributed by atoms with Gasteiger partial charge in [-0.05, 0) is 119 Å². The van der Waals surface area contributed by atoms with Gasteiger partial charge >= 0.3 is 5.97 Å². The van der Waals surface area contributed by atoms with E-state index in [1.54, 1.807) is 5.57 Å². The Morgan fingerprint density at radius 1 is 1.03 bits per heavy atom. The van der Waals surface area contributed by atoms with Crippen LogP contribution in [0.15, 0.2) is 46.5 Å². The number of rotatable bonds is 8. The van der Waals surface area contributed by atoms with Gasteiger partial charge < -0.3 is 4.74 Å². The molecule has 4 aliphatic carbocycles. The molecule has 1 aromatic rings. The van der Waals surface area contributed by atoms with Crippen molar-refractivity contribution in [3.05, 3.63) is 52.0 Å². The van der Waals surface area contributed by atoms with Crippen LogP contribution < -0.4 is 0 Å². The molecule has 8 atom stereocenters. The molecule has 4 aliphatic rings. The van der Waals surface area contributed by atoms with Gasteiger partial charge in [-0.25, -0.2) is 4.79 Å². The van der Waals surface area contributed by atoms with Gasteiger partial charge in [0.15, 0.2) is 0 Å². The lowest BCUT2D eigenvalue weighted by molar-refractivity contribution is -0.145. The number of halogens is 1. The molecule has 0 heterocycles. The van der Waals surface area contributed by atoms with Crippen LogP contribution in [0.5, 0.6) is 0 Å². The maximum absolute atomic E-state index is 12.9. The van der Waals surface area contributed by atoms with Crippen molar-refractivity contribution in [1.29, 1.82) is 0 Å². The second kappa shape index (κ2) is 11.9. The minimum absolute atomic E-state index is 0.0125. The number of hydrogen-bond acceptors (Lipinski definition) is 2. The standard InChI is InChI=1S/C36H51BrO2/c1-24(2)10-9-11-25(3)30-16-17-31-29-15-14-27-23-28(18-20-35(27,4)32(29)19-21-36(30,31)5)39-34(38)33(37)22-26-12-7-6-8-13-26/h6-8,12-14,22,24-25,28-32H,9-11,15-21,23H2,1-5H3/b33-22+/t25-,28+,29-,30+,31-,32-,35-,36+/m0/s1. The van der Waals surface area contributed by atoms with Crippen LogP contribution in [0.1, 0.15) is 111 Å². The van der Waals surface area contributed by atoms with Crippen molar-refractivity contribution in [3.8, 4) is 0 Å². The van der Waals surface area contributed by atoms with Crippen LogP contribution in [0, 0.1) is 46.3 Å². The summed E-state index contributed by atoms with van der Waals surface area (Å²) in [5.41, 5.74) is 3.40. The largest absolute Gasteiger partial charge is 0.458 e. The summed E-state index contributed by atoms with van der Waals surface area (Å²) in [6.45, 7) is 12.5. The van der Waals surface area contributed by atoms with E-state index in [1.807, 2.05) is 36.4 Å². The zero-order chi connectivity index (χ0) is 27.8. The third kappa shape index (κ3) is 5.86. The number of benzene rings is 1. The molecule has 39 heavy (non-hydrogen) atoms. The summed E-state index contributed by atoms with van der Waals surface area (Å²) in [6.07, 6.45) is 18.6. The average Bonchev–Trinajstić information content (AvgIpc) is 3.26. The van der Waals surface area contributed by atoms with Gasteiger partial charge in [-0.15, -0.1) is 0 Å². The van der Waals surface area contributed by atoms with E-state index in [2.05, 4.69) is 56.6 Å². The molecular formula is C36H51BrO2. The van der Waals surface area contributed by atoms with Crippen LogP contribution >= 0.6 is 15.9 Å². The van der Waals surface area contributed by atoms with Crippen LogP contribution in [0.3, 0.4) is 0 Å². The average molecular weight is 596 g/mol. The van der Waals surface area contributed by atoms with E-state index in [-0.39, 0.29) is 17.5 Å². The van der Waals surface area contributed by atoms with Crippen molar-refractivity contribution in [2.45, 2.75) is 111 Å². The number of fused-ring (bicyclic) bond motifs is 5. The Morgan fingerprint density at radius 3 is 2.54 bits per heavy atom. The Labute approximate surface area is 246 Å². The fourth-order valence-electron chi connectivity index (χ4n) is 9.71. The maximum Gasteiger partial charge on any atom is 0.345 e. The molecule has 1 aromatic carbocycles. The molecule has 3 saturated carbocycles. The summed E-state index contributed by atoms with van der Waals surface area (Å²) in [4.78, 5) is 12.9. The Balaban J connectivity index is 1.23. The Hall–Kier alpha value is -1.35. The van der Waals surface area contributed by atoms with E-state index in [4.69, 9.17) is 4.74 Å². The highest BCUT2D eigenvalue weighted by Gasteiger charge is 2.59. The van der Waals surface area contributed by atoms with Crippen molar-refractivity contribution in [2.24, 2.45) is 46.3 Å². The second-order valence-corrected chi connectivity index (χ2v) is 15.3. The normalized spacial score (nSPS) is 36.9. The zero-order valence-electron chi connectivity index (χ0n) is 25.1. The first-order valence-electron chi connectivity index (χ1n) is 15.9. The molecule has 0 radical (unpaired) electrons. The first-order chi connectivity index (χ1) is 18.6. The lowest BCUT2D eigenvalue weighted by atomic mass is 9.47. The fourth-order valence-corrected chi connectivity index (χ4v) is 10.1. The lowest BCUT2D eigenvalue weighted by Crippen LogP contribution is -2.51. The van der Waals surface area contributed by atoms with Crippen molar-refractivity contribution < 1.29 is 9.53 Å². The molecule has 0 spiro atoms. The Kier molecular flexibility index (Phi) is 8.87. The number of hydrogen-bond donors (Lipinski definition) is 0. The van der Waals surface area contributed by atoms with Crippen LogP contribution in [0.4, 0.5) is 0 Å². The summed E-state index contributed by atoms with van der Waals surface area (Å²) in [5, 5.41) is 0. The molecule has 0 saturated heterocycles. The highest BCUT2D eigenvalue weighted by Crippen LogP contribution is 2.67. The molecule has 5 rings (SSSR count). The number of allylic oxidation sites excluding steroid dienone is 1. The summed E-state index contributed by atoms with van der Waals surface area (Å²) < 4.78 is 6.53. The number of carbonyl (C=O) groups excluding carboxylic acids is 1. The molecule has 0 unspecified atom stereocenters. The Morgan fingerprint density at radius 2 is 1.79 bits per heavy atom. The van der Waals surface area contributed by atoms with Crippen molar-refractivity contribution in [1.82, 2.24) is 0 Å². The number of ether oxygens (including phenoxy) is 1. The molecule has 214 valence electrons. The predicted molar refractivity (Wildman–Crippen MR) is 166 cm³/mol. The van der Waals surface area contributed by atoms with Crippen molar-refractivity contribution in [3.63, 3.8) is 0 Å². The molecule has 0 aromatic heterocycles. The predicted octanol–water partition coefficient (Wildman–Crippen LogP) is 10.4. The van der Waals surface area contributed by atoms with Gasteiger partial charge in [0.05, 0.1) is 0 Å². The monoisotopic (exact) mass is 594 g/mol. The van der Waals surface area contributed by atoms with E-state index >= 15 is 0 Å². The summed E-state index contributed by atoms with van der Waals surface area (Å²) in [5.74, 6) is 4.88. The van der Waals surface area contributed by atoms with E-state index in [0.717, 1.165) is 60.3 Å². The molecule has 3 fully saturated rings. The minimum Gasteiger partial charge on any atom is -0.458 e. The molecule has 0 amide bonds. The summed E-state index contributed by atoms with van der Waals surface area (Å²) in [7, 11) is 0. The fraction of sp³-hybridized carbons (Fsp3) is 0.694. The summed E-state index contributed by atoms with van der Waals surface area (Å²) in [6, 6.07) is 9.95. The first kappa shape index (κ1) is 29.2. The third-order valence-corrected chi connectivity index (χ3v) is 12.4. The van der Waals surface area contributed by atoms with Crippen LogP contribution in [0.25, 0.3) is 6.08 Å². The zero-order valence-corrected chi connectivity index (χ0v) is 26.6. The summed E-state index contributed by atoms with van der Waals surface area (Å²) >= 11 is 3.47. The lowest BCUT2D eigenvalue weighted by Gasteiger charge is -2.58. The topological polar surface area (TPSA) is 26.3 Å². The molecule has 0 N–H and O–H groups in total. The number of carbonyl (C=O) groups is 1. The quantitative estimate of drug-likeness (QED) is 0.170. The van der Waals surface area contributed by atoms with E-state index < -0.39 is 0 Å². The van der Waals surface area contributed by atoms with Gasteiger partial charge in [-0.1, -0.05) is 95.9 Å². The van der Waals surface area contributed by atoms with Gasteiger partial charge in [0.2, 0.25) is 0 Å². The van der Waals surface area contributed by atoms with Crippen molar-refractivity contribution >= 4 is 28.0 Å². The highest BCUT2D eigenvalue weighted by molar-refractivity contribution is 9.12. The molecular weight excluding hydrogens is 544 g/mol. The molecule has 0 aliphatic heterocycles. The SMILES string of the molecule is CC(C)CCC[C@H](C)[C@H]1CC[C@H]2[C@@H]3CC=C4C[C@H](OC(=O)/C(Br)=C\c5ccccc5)CC[C@]4(C)[C@H]3CC[C@]12C. The van der Waals surface area contributed by atoms with Crippen LogP contribution in [0.2, 0.25) is 0 Å². The van der Waals surface area contributed by atoms with Gasteiger partial charge in [0.1, 0.15) is 10.6 Å². The first-order valence-corrected chi connectivity index (χ1v) is 16.7. The van der Waals surface area contributed by atoms with E-state index in [0.29, 0.717) is 9.90 Å². The second-order valence-electron chi connectivity index (χ2n) is 14.5. The highest BCUT2D eigenvalue weighted by atomic mass is 79.9. The smallest absolute Gasteiger partial charge is 0.345 e. The van der Waals surface area contributed by atoms with Gasteiger partial charge in [0.25, 0.3) is 0 Å². The third-order valence-electron chi connectivity index (χ3n) is 11.8. The van der Waals surface area contributed by atoms with Crippen LogP contribution in [-0.4, -0.2) is 12.1 Å². The van der Waals surface area contributed by atoms with Gasteiger partial charge in [-0.2, -0.15) is 0 Å². The van der Waals surface area contributed by atoms with Gasteiger partial charge in [-0.3, -0.25) is 0 Å². The van der Waals surface area contributed by atoms with Crippen molar-refractivity contribution in [2.75, 3.05) is 0 Å². The van der Waals surface area contributed by atoms with Gasteiger partial charge in [0, 0.05) is 6.42 Å². The van der Waals surface area contributed by atoms with E-state index in [1.165, 1.54) is 51.4 Å². The molecule has 3 heteroatoms. The van der Waals surface area contributed by atoms with E-state index in [9.17, 15) is 4.79 Å². The van der Waals surface area contributed by atoms with Crippen LogP contribution in [-0.2, 0) is 9.53 Å². The minimum atomic E-state index is -0.241.